The summed E-state index contributed by atoms with van der Waals surface area (Å²) in [6, 6.07) is 12.0. The van der Waals surface area contributed by atoms with E-state index in [0.29, 0.717) is 22.7 Å². The largest absolute Gasteiger partial charge is 0.459 e. The Morgan fingerprint density at radius 2 is 1.87 bits per heavy atom. The maximum Gasteiger partial charge on any atom is 0.340 e. The Morgan fingerprint density at radius 1 is 1.22 bits per heavy atom. The first-order chi connectivity index (χ1) is 10.9. The van der Waals surface area contributed by atoms with Crippen molar-refractivity contribution in [2.45, 2.75) is 26.9 Å². The lowest BCUT2D eigenvalue weighted by molar-refractivity contribution is 0.0379. The number of aryl methyl sites for hydroxylation is 1. The first-order valence-electron chi connectivity index (χ1n) is 7.20. The van der Waals surface area contributed by atoms with Gasteiger partial charge in [-0.05, 0) is 62.7 Å². The maximum absolute atomic E-state index is 12.1. The fourth-order valence-corrected chi connectivity index (χ4v) is 2.00. The van der Waals surface area contributed by atoms with Gasteiger partial charge in [-0.15, -0.1) is 0 Å². The zero-order valence-electron chi connectivity index (χ0n) is 13.3. The van der Waals surface area contributed by atoms with Gasteiger partial charge in [0.15, 0.2) is 0 Å². The van der Waals surface area contributed by atoms with E-state index in [4.69, 9.17) is 20.5 Å². The Bertz CT molecular complexity index is 759. The molecule has 2 aromatic carbocycles. The van der Waals surface area contributed by atoms with Crippen molar-refractivity contribution >= 4 is 11.7 Å². The van der Waals surface area contributed by atoms with Crippen LogP contribution < -0.4 is 10.5 Å². The molecule has 118 valence electrons. The monoisotopic (exact) mass is 310 g/mol. The standard InChI is InChI=1S/C18H18N2O3/c1-11(2)22-18(21)15-9-17(12(3)8-16(15)20)23-14-6-4-13(10-19)5-7-14/h4-9,11H,20H2,1-3H3. The quantitative estimate of drug-likeness (QED) is 0.685. The molecule has 0 aromatic heterocycles. The predicted octanol–water partition coefficient (Wildman–Crippen LogP) is 3.81. The maximum atomic E-state index is 12.1. The van der Waals surface area contributed by atoms with E-state index in [1.165, 1.54) is 0 Å². The van der Waals surface area contributed by atoms with E-state index in [1.807, 2.05) is 13.0 Å². The molecule has 0 bridgehead atoms. The van der Waals surface area contributed by atoms with Crippen LogP contribution >= 0.6 is 0 Å². The van der Waals surface area contributed by atoms with Crippen molar-refractivity contribution in [2.24, 2.45) is 0 Å². The van der Waals surface area contributed by atoms with Gasteiger partial charge in [0.2, 0.25) is 0 Å². The molecule has 0 aliphatic heterocycles. The van der Waals surface area contributed by atoms with Crippen LogP contribution in [0.5, 0.6) is 11.5 Å². The van der Waals surface area contributed by atoms with Crippen molar-refractivity contribution in [1.82, 2.24) is 0 Å². The molecule has 0 spiro atoms. The number of rotatable bonds is 4. The van der Waals surface area contributed by atoms with Crippen LogP contribution in [0.15, 0.2) is 36.4 Å². The number of carbonyl (C=O) groups is 1. The summed E-state index contributed by atoms with van der Waals surface area (Å²) in [5.41, 5.74) is 7.87. The second-order valence-corrected chi connectivity index (χ2v) is 5.40. The lowest BCUT2D eigenvalue weighted by Crippen LogP contribution is -2.13. The van der Waals surface area contributed by atoms with Crippen LogP contribution in [0.25, 0.3) is 0 Å². The average molecular weight is 310 g/mol. The molecule has 0 fully saturated rings. The Hall–Kier alpha value is -3.00. The lowest BCUT2D eigenvalue weighted by Gasteiger charge is -2.14. The highest BCUT2D eigenvalue weighted by atomic mass is 16.5. The number of nitriles is 1. The van der Waals surface area contributed by atoms with Crippen LogP contribution in [0, 0.1) is 18.3 Å². The molecule has 0 aliphatic carbocycles. The Morgan fingerprint density at radius 3 is 2.43 bits per heavy atom. The summed E-state index contributed by atoms with van der Waals surface area (Å²) >= 11 is 0. The zero-order valence-corrected chi connectivity index (χ0v) is 13.3. The lowest BCUT2D eigenvalue weighted by atomic mass is 10.1. The van der Waals surface area contributed by atoms with Crippen LogP contribution in [0.3, 0.4) is 0 Å². The molecule has 2 rings (SSSR count). The summed E-state index contributed by atoms with van der Waals surface area (Å²) in [4.78, 5) is 12.1. The number of esters is 1. The molecule has 0 amide bonds. The number of hydrogen-bond acceptors (Lipinski definition) is 5. The average Bonchev–Trinajstić information content (AvgIpc) is 2.50. The summed E-state index contributed by atoms with van der Waals surface area (Å²) in [5.74, 6) is 0.599. The van der Waals surface area contributed by atoms with Crippen molar-refractivity contribution < 1.29 is 14.3 Å². The number of carbonyl (C=O) groups excluding carboxylic acids is 1. The van der Waals surface area contributed by atoms with Gasteiger partial charge in [-0.3, -0.25) is 0 Å². The molecule has 0 saturated heterocycles. The van der Waals surface area contributed by atoms with E-state index in [-0.39, 0.29) is 11.7 Å². The van der Waals surface area contributed by atoms with Crippen LogP contribution in [0.2, 0.25) is 0 Å². The summed E-state index contributed by atoms with van der Waals surface area (Å²) in [5, 5.41) is 8.81. The van der Waals surface area contributed by atoms with Gasteiger partial charge < -0.3 is 15.2 Å². The molecule has 0 saturated carbocycles. The first kappa shape index (κ1) is 16.4. The molecular formula is C18H18N2O3. The Labute approximate surface area is 135 Å². The van der Waals surface area contributed by atoms with Gasteiger partial charge in [0.25, 0.3) is 0 Å². The number of benzene rings is 2. The third-order valence-electron chi connectivity index (χ3n) is 3.12. The van der Waals surface area contributed by atoms with Gasteiger partial charge in [-0.1, -0.05) is 0 Å². The topological polar surface area (TPSA) is 85.3 Å². The van der Waals surface area contributed by atoms with Crippen molar-refractivity contribution in [3.8, 4) is 17.6 Å². The summed E-state index contributed by atoms with van der Waals surface area (Å²) in [7, 11) is 0. The second-order valence-electron chi connectivity index (χ2n) is 5.40. The van der Waals surface area contributed by atoms with Gasteiger partial charge in [-0.25, -0.2) is 4.79 Å². The van der Waals surface area contributed by atoms with E-state index in [2.05, 4.69) is 0 Å². The highest BCUT2D eigenvalue weighted by Crippen LogP contribution is 2.30. The smallest absolute Gasteiger partial charge is 0.340 e. The predicted molar refractivity (Wildman–Crippen MR) is 87.4 cm³/mol. The summed E-state index contributed by atoms with van der Waals surface area (Å²) < 4.78 is 11.0. The van der Waals surface area contributed by atoms with E-state index in [9.17, 15) is 4.79 Å². The SMILES string of the molecule is Cc1cc(N)c(C(=O)OC(C)C)cc1Oc1ccc(C#N)cc1. The summed E-state index contributed by atoms with van der Waals surface area (Å²) in [6.45, 7) is 5.39. The van der Waals surface area contributed by atoms with Crippen molar-refractivity contribution in [3.05, 3.63) is 53.1 Å². The number of nitrogens with two attached hydrogens (primary N) is 1. The van der Waals surface area contributed by atoms with E-state index in [0.717, 1.165) is 5.56 Å². The highest BCUT2D eigenvalue weighted by molar-refractivity contribution is 5.96. The number of hydrogen-bond donors (Lipinski definition) is 1. The number of nitrogens with zero attached hydrogens (tertiary/aromatic N) is 1. The molecule has 2 aromatic rings. The first-order valence-corrected chi connectivity index (χ1v) is 7.20. The number of anilines is 1. The molecule has 2 N–H and O–H groups in total. The van der Waals surface area contributed by atoms with Crippen LogP contribution in [-0.2, 0) is 4.74 Å². The van der Waals surface area contributed by atoms with Crippen molar-refractivity contribution in [2.75, 3.05) is 5.73 Å². The minimum absolute atomic E-state index is 0.230. The van der Waals surface area contributed by atoms with Gasteiger partial charge in [0, 0.05) is 5.69 Å². The highest BCUT2D eigenvalue weighted by Gasteiger charge is 2.16. The molecule has 5 heteroatoms. The molecule has 0 radical (unpaired) electrons. The molecule has 23 heavy (non-hydrogen) atoms. The van der Waals surface area contributed by atoms with Crippen molar-refractivity contribution in [3.63, 3.8) is 0 Å². The zero-order chi connectivity index (χ0) is 17.0. The van der Waals surface area contributed by atoms with Gasteiger partial charge in [0.05, 0.1) is 23.3 Å². The summed E-state index contributed by atoms with van der Waals surface area (Å²) in [6.07, 6.45) is -0.230. The molecule has 0 aliphatic rings. The van der Waals surface area contributed by atoms with E-state index >= 15 is 0 Å². The minimum Gasteiger partial charge on any atom is -0.459 e. The van der Waals surface area contributed by atoms with Crippen molar-refractivity contribution in [1.29, 1.82) is 5.26 Å². The van der Waals surface area contributed by atoms with Gasteiger partial charge >= 0.3 is 5.97 Å². The van der Waals surface area contributed by atoms with Crippen LogP contribution in [-0.4, -0.2) is 12.1 Å². The normalized spacial score (nSPS) is 10.2. The third-order valence-corrected chi connectivity index (χ3v) is 3.12. The minimum atomic E-state index is -0.484. The molecular weight excluding hydrogens is 292 g/mol. The van der Waals surface area contributed by atoms with Crippen LogP contribution in [0.4, 0.5) is 5.69 Å². The fraction of sp³-hybridized carbons (Fsp3) is 0.222. The van der Waals surface area contributed by atoms with Gasteiger partial charge in [-0.2, -0.15) is 5.26 Å². The Balaban J connectivity index is 2.31. The van der Waals surface area contributed by atoms with E-state index in [1.54, 1.807) is 50.2 Å². The Kier molecular flexibility index (Phi) is 4.87. The molecule has 5 nitrogen and oxygen atoms in total. The van der Waals surface area contributed by atoms with E-state index < -0.39 is 5.97 Å². The number of nitrogen functional groups attached to an aromatic ring is 1. The molecule has 0 atom stereocenters. The molecule has 0 heterocycles. The second kappa shape index (κ2) is 6.84. The molecule has 0 unspecified atom stereocenters. The third kappa shape index (κ3) is 4.01. The number of ether oxygens (including phenoxy) is 2. The van der Waals surface area contributed by atoms with Crippen LogP contribution in [0.1, 0.15) is 35.3 Å². The fourth-order valence-electron chi connectivity index (χ4n) is 2.00. The van der Waals surface area contributed by atoms with Gasteiger partial charge in [0.1, 0.15) is 11.5 Å².